The molecule has 5 heteroatoms. The second kappa shape index (κ2) is 7.60. The topological polar surface area (TPSA) is 59.6 Å². The van der Waals surface area contributed by atoms with Gasteiger partial charge in [-0.2, -0.15) is 0 Å². The lowest BCUT2D eigenvalue weighted by molar-refractivity contribution is -0.121. The minimum Gasteiger partial charge on any atom is -0.355 e. The van der Waals surface area contributed by atoms with E-state index < -0.39 is 0 Å². The van der Waals surface area contributed by atoms with Crippen molar-refractivity contribution in [2.75, 3.05) is 27.3 Å². The highest BCUT2D eigenvalue weighted by Gasteiger charge is 2.22. The Kier molecular flexibility index (Phi) is 6.37. The van der Waals surface area contributed by atoms with Gasteiger partial charge in [-0.3, -0.25) is 4.79 Å². The predicted octanol–water partition coefficient (Wildman–Crippen LogP) is 0.254. The number of nitrogens with one attached hydrogen (secondary N) is 2. The third-order valence-electron chi connectivity index (χ3n) is 2.54. The average molecular weight is 230 g/mol. The Bertz CT molecular complexity index is 203. The Morgan fingerprint density at radius 3 is 2.62 bits per heavy atom. The summed E-state index contributed by atoms with van der Waals surface area (Å²) in [6, 6.07) is 0.465. The summed E-state index contributed by atoms with van der Waals surface area (Å²) < 4.78 is 10.0. The van der Waals surface area contributed by atoms with Gasteiger partial charge in [-0.15, -0.1) is 0 Å². The van der Waals surface area contributed by atoms with Crippen LogP contribution in [0, 0.1) is 0 Å². The predicted molar refractivity (Wildman–Crippen MR) is 61.1 cm³/mol. The lowest BCUT2D eigenvalue weighted by atomic mass is 10.3. The molecule has 0 aliphatic heterocycles. The molecule has 1 saturated carbocycles. The Morgan fingerprint density at radius 1 is 1.38 bits per heavy atom. The zero-order chi connectivity index (χ0) is 11.8. The van der Waals surface area contributed by atoms with Crippen LogP contribution >= 0.6 is 0 Å². The molecule has 1 aliphatic rings. The van der Waals surface area contributed by atoms with Crippen molar-refractivity contribution in [1.82, 2.24) is 10.6 Å². The molecule has 1 aliphatic carbocycles. The van der Waals surface area contributed by atoms with Crippen LogP contribution in [0.1, 0.15) is 25.7 Å². The van der Waals surface area contributed by atoms with E-state index in [4.69, 9.17) is 9.47 Å². The van der Waals surface area contributed by atoms with Gasteiger partial charge in [0.15, 0.2) is 6.29 Å². The van der Waals surface area contributed by atoms with Crippen LogP contribution < -0.4 is 10.6 Å². The van der Waals surface area contributed by atoms with Crippen molar-refractivity contribution < 1.29 is 14.3 Å². The molecular weight excluding hydrogens is 208 g/mol. The molecule has 0 spiro atoms. The lowest BCUT2D eigenvalue weighted by Crippen LogP contribution is -2.31. The molecule has 16 heavy (non-hydrogen) atoms. The molecule has 1 amide bonds. The summed E-state index contributed by atoms with van der Waals surface area (Å²) in [4.78, 5) is 11.3. The fourth-order valence-electron chi connectivity index (χ4n) is 1.38. The molecule has 1 fully saturated rings. The largest absolute Gasteiger partial charge is 0.355 e. The Hall–Kier alpha value is -0.650. The summed E-state index contributed by atoms with van der Waals surface area (Å²) in [5.41, 5.74) is 0. The molecule has 94 valence electrons. The standard InChI is InChI=1S/C11H22N2O3/c1-15-11(16-2)8-12-7-3-4-10(14)13-9-5-6-9/h9,11-12H,3-8H2,1-2H3,(H,13,14). The van der Waals surface area contributed by atoms with E-state index in [1.54, 1.807) is 14.2 Å². The van der Waals surface area contributed by atoms with Crippen LogP contribution in [-0.2, 0) is 14.3 Å². The molecule has 1 rings (SSSR count). The molecule has 0 unspecified atom stereocenters. The van der Waals surface area contributed by atoms with E-state index in [-0.39, 0.29) is 12.2 Å². The third kappa shape index (κ3) is 6.05. The number of methoxy groups -OCH3 is 2. The molecular formula is C11H22N2O3. The molecule has 2 N–H and O–H groups in total. The van der Waals surface area contributed by atoms with E-state index in [0.29, 0.717) is 19.0 Å². The van der Waals surface area contributed by atoms with Gasteiger partial charge in [0.2, 0.25) is 5.91 Å². The van der Waals surface area contributed by atoms with Crippen molar-refractivity contribution in [2.24, 2.45) is 0 Å². The Labute approximate surface area is 96.9 Å². The second-order valence-corrected chi connectivity index (χ2v) is 4.05. The van der Waals surface area contributed by atoms with Crippen LogP contribution in [0.25, 0.3) is 0 Å². The second-order valence-electron chi connectivity index (χ2n) is 4.05. The summed E-state index contributed by atoms with van der Waals surface area (Å²) in [6.07, 6.45) is 3.52. The number of carbonyl (C=O) groups is 1. The zero-order valence-corrected chi connectivity index (χ0v) is 10.1. The van der Waals surface area contributed by atoms with Crippen LogP contribution in [0.3, 0.4) is 0 Å². The summed E-state index contributed by atoms with van der Waals surface area (Å²) in [7, 11) is 3.22. The number of ether oxygens (including phenoxy) is 2. The van der Waals surface area contributed by atoms with E-state index in [1.807, 2.05) is 0 Å². The highest BCUT2D eigenvalue weighted by molar-refractivity contribution is 5.76. The average Bonchev–Trinajstić information content (AvgIpc) is 3.07. The molecule has 0 bridgehead atoms. The Morgan fingerprint density at radius 2 is 2.06 bits per heavy atom. The van der Waals surface area contributed by atoms with Crippen LogP contribution in [0.4, 0.5) is 0 Å². The molecule has 0 radical (unpaired) electrons. The maximum Gasteiger partial charge on any atom is 0.220 e. The van der Waals surface area contributed by atoms with Crippen LogP contribution in [0.2, 0.25) is 0 Å². The zero-order valence-electron chi connectivity index (χ0n) is 10.1. The molecule has 0 aromatic rings. The van der Waals surface area contributed by atoms with Crippen molar-refractivity contribution in [3.63, 3.8) is 0 Å². The van der Waals surface area contributed by atoms with Gasteiger partial charge >= 0.3 is 0 Å². The van der Waals surface area contributed by atoms with Gasteiger partial charge in [0.25, 0.3) is 0 Å². The number of hydrogen-bond donors (Lipinski definition) is 2. The molecule has 5 nitrogen and oxygen atoms in total. The normalized spacial score (nSPS) is 15.4. The van der Waals surface area contributed by atoms with E-state index in [0.717, 1.165) is 25.8 Å². The maximum absolute atomic E-state index is 11.3. The summed E-state index contributed by atoms with van der Waals surface area (Å²) in [6.45, 7) is 1.46. The fourth-order valence-corrected chi connectivity index (χ4v) is 1.38. The quantitative estimate of drug-likeness (QED) is 0.440. The van der Waals surface area contributed by atoms with Gasteiger partial charge in [-0.05, 0) is 25.8 Å². The van der Waals surface area contributed by atoms with Crippen molar-refractivity contribution in [2.45, 2.75) is 38.0 Å². The first-order valence-corrected chi connectivity index (χ1v) is 5.82. The van der Waals surface area contributed by atoms with E-state index in [1.165, 1.54) is 0 Å². The lowest BCUT2D eigenvalue weighted by Gasteiger charge is -2.13. The fraction of sp³-hybridized carbons (Fsp3) is 0.909. The van der Waals surface area contributed by atoms with Gasteiger partial charge in [-0.25, -0.2) is 0 Å². The molecule has 0 aromatic carbocycles. The van der Waals surface area contributed by atoms with Crippen molar-refractivity contribution in [3.05, 3.63) is 0 Å². The maximum atomic E-state index is 11.3. The SMILES string of the molecule is COC(CNCCCC(=O)NC1CC1)OC. The van der Waals surface area contributed by atoms with Gasteiger partial charge in [-0.1, -0.05) is 0 Å². The van der Waals surface area contributed by atoms with E-state index in [9.17, 15) is 4.79 Å². The van der Waals surface area contributed by atoms with Crippen LogP contribution in [-0.4, -0.2) is 45.5 Å². The van der Waals surface area contributed by atoms with Gasteiger partial charge in [0.05, 0.1) is 0 Å². The monoisotopic (exact) mass is 230 g/mol. The van der Waals surface area contributed by atoms with Crippen molar-refractivity contribution in [3.8, 4) is 0 Å². The van der Waals surface area contributed by atoms with E-state index >= 15 is 0 Å². The minimum absolute atomic E-state index is 0.166. The van der Waals surface area contributed by atoms with Gasteiger partial charge < -0.3 is 20.1 Å². The summed E-state index contributed by atoms with van der Waals surface area (Å²) >= 11 is 0. The number of amides is 1. The first-order chi connectivity index (χ1) is 7.76. The Balaban J connectivity index is 1.88. The third-order valence-corrected chi connectivity index (χ3v) is 2.54. The van der Waals surface area contributed by atoms with Gasteiger partial charge in [0.1, 0.15) is 0 Å². The first kappa shape index (κ1) is 13.4. The highest BCUT2D eigenvalue weighted by atomic mass is 16.7. The molecule has 0 atom stereocenters. The molecule has 0 heterocycles. The van der Waals surface area contributed by atoms with Crippen LogP contribution in [0.5, 0.6) is 0 Å². The van der Waals surface area contributed by atoms with Crippen LogP contribution in [0.15, 0.2) is 0 Å². The summed E-state index contributed by atoms with van der Waals surface area (Å²) in [5, 5.41) is 6.14. The molecule has 0 aromatic heterocycles. The number of carbonyl (C=O) groups excluding carboxylic acids is 1. The van der Waals surface area contributed by atoms with Crippen molar-refractivity contribution >= 4 is 5.91 Å². The smallest absolute Gasteiger partial charge is 0.220 e. The van der Waals surface area contributed by atoms with Crippen molar-refractivity contribution in [1.29, 1.82) is 0 Å². The minimum atomic E-state index is -0.208. The highest BCUT2D eigenvalue weighted by Crippen LogP contribution is 2.18. The summed E-state index contributed by atoms with van der Waals surface area (Å²) in [5.74, 6) is 0.166. The number of hydrogen-bond acceptors (Lipinski definition) is 4. The van der Waals surface area contributed by atoms with E-state index in [2.05, 4.69) is 10.6 Å². The molecule has 0 saturated heterocycles. The number of rotatable bonds is 9. The first-order valence-electron chi connectivity index (χ1n) is 5.82. The van der Waals surface area contributed by atoms with Gasteiger partial charge in [0, 0.05) is 33.2 Å².